The normalized spacial score (nSPS) is 10.8. The SMILES string of the molecule is Cc1ccc2c(C(=O)c3cccc([N+](=O)[O-])c3O)c(C)ccc2c1C(=O)c1cccc([N+](=O)[O-])c1O. The number of hydrogen-bond donors (Lipinski definition) is 2. The van der Waals surface area contributed by atoms with Crippen molar-refractivity contribution in [1.82, 2.24) is 0 Å². The average molecular weight is 486 g/mol. The molecule has 4 rings (SSSR count). The molecule has 180 valence electrons. The Morgan fingerprint density at radius 2 is 1.00 bits per heavy atom. The number of carbonyl (C=O) groups excluding carboxylic acids is 2. The third-order valence-electron chi connectivity index (χ3n) is 5.98. The Kier molecular flexibility index (Phi) is 5.95. The van der Waals surface area contributed by atoms with Crippen LogP contribution < -0.4 is 0 Å². The van der Waals surface area contributed by atoms with Crippen LogP contribution in [0.3, 0.4) is 0 Å². The highest BCUT2D eigenvalue weighted by molar-refractivity contribution is 6.24. The summed E-state index contributed by atoms with van der Waals surface area (Å²) < 4.78 is 0. The van der Waals surface area contributed by atoms with E-state index in [0.29, 0.717) is 21.9 Å². The Hall–Kier alpha value is -5.12. The van der Waals surface area contributed by atoms with Crippen LogP contribution in [0.15, 0.2) is 60.7 Å². The summed E-state index contributed by atoms with van der Waals surface area (Å²) in [6.07, 6.45) is 0. The monoisotopic (exact) mass is 486 g/mol. The molecule has 0 heterocycles. The number of nitro benzene ring substituents is 2. The van der Waals surface area contributed by atoms with Crippen molar-refractivity contribution in [2.45, 2.75) is 13.8 Å². The van der Waals surface area contributed by atoms with E-state index in [9.17, 15) is 40.0 Å². The zero-order valence-corrected chi connectivity index (χ0v) is 19.0. The maximum Gasteiger partial charge on any atom is 0.311 e. The number of aryl methyl sites for hydroxylation is 2. The third kappa shape index (κ3) is 3.80. The molecule has 4 aromatic carbocycles. The van der Waals surface area contributed by atoms with Gasteiger partial charge in [-0.15, -0.1) is 0 Å². The molecule has 0 aliphatic carbocycles. The standard InChI is InChI=1S/C26H18N2O8/c1-13-9-11-16-15(21(13)25(31)17-5-3-7-19(23(17)29)27(33)34)12-10-14(2)22(16)26(32)18-6-4-8-20(24(18)30)28(35)36/h3-12,29-30H,1-2H3. The van der Waals surface area contributed by atoms with E-state index in [2.05, 4.69) is 0 Å². The molecule has 0 fully saturated rings. The van der Waals surface area contributed by atoms with Gasteiger partial charge in [-0.2, -0.15) is 0 Å². The summed E-state index contributed by atoms with van der Waals surface area (Å²) in [5, 5.41) is 43.9. The van der Waals surface area contributed by atoms with Gasteiger partial charge in [-0.05, 0) is 47.9 Å². The Morgan fingerprint density at radius 3 is 1.33 bits per heavy atom. The fourth-order valence-electron chi connectivity index (χ4n) is 4.22. The summed E-state index contributed by atoms with van der Waals surface area (Å²) >= 11 is 0. The lowest BCUT2D eigenvalue weighted by Gasteiger charge is -2.15. The van der Waals surface area contributed by atoms with Crippen LogP contribution in [0, 0.1) is 34.1 Å². The minimum Gasteiger partial charge on any atom is -0.502 e. The predicted molar refractivity (Wildman–Crippen MR) is 130 cm³/mol. The number of rotatable bonds is 6. The smallest absolute Gasteiger partial charge is 0.311 e. The van der Waals surface area contributed by atoms with Crippen molar-refractivity contribution in [2.24, 2.45) is 0 Å². The van der Waals surface area contributed by atoms with Gasteiger partial charge in [0.25, 0.3) is 0 Å². The number of benzene rings is 4. The number of hydrogen-bond acceptors (Lipinski definition) is 8. The predicted octanol–water partition coefficient (Wildman–Crippen LogP) is 5.15. The molecule has 0 unspecified atom stereocenters. The lowest BCUT2D eigenvalue weighted by molar-refractivity contribution is -0.386. The van der Waals surface area contributed by atoms with Crippen LogP contribution in [0.2, 0.25) is 0 Å². The van der Waals surface area contributed by atoms with Crippen molar-refractivity contribution >= 4 is 33.7 Å². The number of phenols is 2. The molecule has 0 radical (unpaired) electrons. The van der Waals surface area contributed by atoms with Gasteiger partial charge in [0.1, 0.15) is 0 Å². The Bertz CT molecular complexity index is 1500. The van der Waals surface area contributed by atoms with Gasteiger partial charge >= 0.3 is 11.4 Å². The van der Waals surface area contributed by atoms with E-state index in [1.807, 2.05) is 0 Å². The number of fused-ring (bicyclic) bond motifs is 1. The van der Waals surface area contributed by atoms with Gasteiger partial charge in [-0.25, -0.2) is 0 Å². The molecule has 0 aliphatic heterocycles. The highest BCUT2D eigenvalue weighted by atomic mass is 16.6. The Morgan fingerprint density at radius 1 is 0.639 bits per heavy atom. The molecule has 0 aliphatic rings. The van der Waals surface area contributed by atoms with Crippen molar-refractivity contribution in [3.8, 4) is 11.5 Å². The first-order valence-electron chi connectivity index (χ1n) is 10.6. The van der Waals surface area contributed by atoms with Crippen LogP contribution in [0.25, 0.3) is 10.8 Å². The molecule has 0 amide bonds. The van der Waals surface area contributed by atoms with Crippen molar-refractivity contribution in [2.75, 3.05) is 0 Å². The molecule has 10 nitrogen and oxygen atoms in total. The molecule has 36 heavy (non-hydrogen) atoms. The molecule has 0 saturated heterocycles. The van der Waals surface area contributed by atoms with E-state index in [1.165, 1.54) is 24.3 Å². The van der Waals surface area contributed by atoms with Gasteiger partial charge < -0.3 is 10.2 Å². The molecule has 10 heteroatoms. The summed E-state index contributed by atoms with van der Waals surface area (Å²) in [7, 11) is 0. The van der Waals surface area contributed by atoms with Crippen molar-refractivity contribution in [1.29, 1.82) is 0 Å². The van der Waals surface area contributed by atoms with Gasteiger partial charge in [0.05, 0.1) is 21.0 Å². The van der Waals surface area contributed by atoms with Crippen molar-refractivity contribution in [3.63, 3.8) is 0 Å². The number of nitro groups is 2. The maximum atomic E-state index is 13.5. The van der Waals surface area contributed by atoms with Gasteiger partial charge in [0.2, 0.25) is 11.5 Å². The molecule has 0 saturated carbocycles. The van der Waals surface area contributed by atoms with E-state index in [-0.39, 0.29) is 22.3 Å². The first kappa shape index (κ1) is 24.0. The fraction of sp³-hybridized carbons (Fsp3) is 0.0769. The van der Waals surface area contributed by atoms with Crippen LogP contribution in [-0.4, -0.2) is 31.6 Å². The van der Waals surface area contributed by atoms with E-state index >= 15 is 0 Å². The first-order chi connectivity index (χ1) is 17.0. The molecular weight excluding hydrogens is 468 g/mol. The largest absolute Gasteiger partial charge is 0.502 e. The quantitative estimate of drug-likeness (QED) is 0.215. The minimum absolute atomic E-state index is 0.126. The van der Waals surface area contributed by atoms with Crippen molar-refractivity contribution in [3.05, 3.63) is 114 Å². The second-order valence-corrected chi connectivity index (χ2v) is 8.13. The molecule has 2 N–H and O–H groups in total. The van der Waals surface area contributed by atoms with Gasteiger partial charge in [0.15, 0.2) is 11.6 Å². The maximum absolute atomic E-state index is 13.5. The van der Waals surface area contributed by atoms with Gasteiger partial charge in [-0.1, -0.05) is 36.4 Å². The molecule has 0 spiro atoms. The molecular formula is C26H18N2O8. The second kappa shape index (κ2) is 8.91. The Labute approximate surface area is 203 Å². The zero-order chi connectivity index (χ0) is 26.3. The summed E-state index contributed by atoms with van der Waals surface area (Å²) in [6.45, 7) is 3.30. The molecule has 4 aromatic rings. The molecule has 0 aromatic heterocycles. The summed E-state index contributed by atoms with van der Waals surface area (Å²) in [4.78, 5) is 47.9. The lowest BCUT2D eigenvalue weighted by Crippen LogP contribution is -2.10. The van der Waals surface area contributed by atoms with Crippen LogP contribution in [0.4, 0.5) is 11.4 Å². The number of ketones is 2. The van der Waals surface area contributed by atoms with Crippen LogP contribution in [0.1, 0.15) is 43.0 Å². The van der Waals surface area contributed by atoms with E-state index in [0.717, 1.165) is 12.1 Å². The van der Waals surface area contributed by atoms with Crippen molar-refractivity contribution < 1.29 is 29.6 Å². The average Bonchev–Trinajstić information content (AvgIpc) is 2.83. The third-order valence-corrected chi connectivity index (χ3v) is 5.98. The van der Waals surface area contributed by atoms with E-state index in [4.69, 9.17) is 0 Å². The van der Waals surface area contributed by atoms with Crippen LogP contribution in [-0.2, 0) is 0 Å². The van der Waals surface area contributed by atoms with E-state index in [1.54, 1.807) is 38.1 Å². The second-order valence-electron chi connectivity index (χ2n) is 8.13. The highest BCUT2D eigenvalue weighted by Gasteiger charge is 2.27. The zero-order valence-electron chi connectivity index (χ0n) is 19.0. The van der Waals surface area contributed by atoms with Gasteiger partial charge in [0, 0.05) is 23.3 Å². The number of para-hydroxylation sites is 2. The molecule has 0 atom stereocenters. The van der Waals surface area contributed by atoms with Crippen LogP contribution >= 0.6 is 0 Å². The number of nitrogens with zero attached hydrogens (tertiary/aromatic N) is 2. The van der Waals surface area contributed by atoms with Gasteiger partial charge in [-0.3, -0.25) is 29.8 Å². The fourth-order valence-corrected chi connectivity index (χ4v) is 4.22. The number of carbonyl (C=O) groups is 2. The minimum atomic E-state index is -0.798. The summed E-state index contributed by atoms with van der Waals surface area (Å²) in [5.41, 5.74) is -0.536. The van der Waals surface area contributed by atoms with E-state index < -0.39 is 44.3 Å². The number of aromatic hydroxyl groups is 2. The lowest BCUT2D eigenvalue weighted by atomic mass is 9.87. The first-order valence-corrected chi connectivity index (χ1v) is 10.6. The molecule has 0 bridgehead atoms. The summed E-state index contributed by atoms with van der Waals surface area (Å²) in [5.74, 6) is -2.90. The highest BCUT2D eigenvalue weighted by Crippen LogP contribution is 2.37. The summed E-state index contributed by atoms with van der Waals surface area (Å²) in [6, 6.07) is 13.7. The van der Waals surface area contributed by atoms with Crippen LogP contribution in [0.5, 0.6) is 11.5 Å². The number of phenolic OH excluding ortho intramolecular Hbond substituents is 2. The Balaban J connectivity index is 1.96. The topological polar surface area (TPSA) is 161 Å².